The zero-order valence-corrected chi connectivity index (χ0v) is 23.5. The summed E-state index contributed by atoms with van der Waals surface area (Å²) in [5.41, 5.74) is 9.73. The third-order valence-corrected chi connectivity index (χ3v) is 6.67. The second-order valence-electron chi connectivity index (χ2n) is 10.6. The Bertz CT molecular complexity index is 1280. The molecule has 4 rings (SSSR count). The normalized spacial score (nSPS) is 14.7. The van der Waals surface area contributed by atoms with Gasteiger partial charge >= 0.3 is 0 Å². The maximum absolute atomic E-state index is 13.5. The molecule has 1 saturated heterocycles. The van der Waals surface area contributed by atoms with Gasteiger partial charge in [0.25, 0.3) is 0 Å². The van der Waals surface area contributed by atoms with Crippen LogP contribution >= 0.6 is 0 Å². The van der Waals surface area contributed by atoms with E-state index in [1.54, 1.807) is 30.1 Å². The average Bonchev–Trinajstić information content (AvgIpc) is 3.32. The molecule has 1 aromatic heterocycles. The van der Waals surface area contributed by atoms with E-state index in [9.17, 15) is 9.18 Å². The van der Waals surface area contributed by atoms with Gasteiger partial charge in [-0.3, -0.25) is 14.4 Å². The van der Waals surface area contributed by atoms with Crippen molar-refractivity contribution in [3.05, 3.63) is 89.1 Å². The van der Waals surface area contributed by atoms with Crippen LogP contribution in [0.1, 0.15) is 36.4 Å². The molecule has 0 bridgehead atoms. The lowest BCUT2D eigenvalue weighted by atomic mass is 10.0. The van der Waals surface area contributed by atoms with Crippen molar-refractivity contribution < 1.29 is 18.7 Å². The summed E-state index contributed by atoms with van der Waals surface area (Å²) >= 11 is 0. The zero-order valence-electron chi connectivity index (χ0n) is 23.5. The van der Waals surface area contributed by atoms with Gasteiger partial charge in [0.15, 0.2) is 0 Å². The number of amides is 1. The fourth-order valence-electron chi connectivity index (χ4n) is 4.69. The van der Waals surface area contributed by atoms with Gasteiger partial charge in [0.1, 0.15) is 23.8 Å². The molecule has 0 unspecified atom stereocenters. The molecule has 1 fully saturated rings. The van der Waals surface area contributed by atoms with E-state index in [2.05, 4.69) is 20.6 Å². The molecule has 9 nitrogen and oxygen atoms in total. The van der Waals surface area contributed by atoms with Gasteiger partial charge in [-0.1, -0.05) is 24.3 Å². The van der Waals surface area contributed by atoms with E-state index in [0.717, 1.165) is 42.2 Å². The highest BCUT2D eigenvalue weighted by molar-refractivity contribution is 5.76. The molecule has 4 N–H and O–H groups in total. The summed E-state index contributed by atoms with van der Waals surface area (Å²) in [5, 5.41) is 11.0. The highest BCUT2D eigenvalue weighted by Crippen LogP contribution is 2.17. The smallest absolute Gasteiger partial charge is 0.242 e. The number of aromatic nitrogens is 2. The lowest BCUT2D eigenvalue weighted by Gasteiger charge is -2.35. The summed E-state index contributed by atoms with van der Waals surface area (Å²) in [5.74, 6) is 0.356. The van der Waals surface area contributed by atoms with Crippen LogP contribution in [-0.4, -0.2) is 66.1 Å². The van der Waals surface area contributed by atoms with Gasteiger partial charge in [-0.15, -0.1) is 0 Å². The Morgan fingerprint density at radius 2 is 1.80 bits per heavy atom. The molecule has 214 valence electrons. The maximum Gasteiger partial charge on any atom is 0.242 e. The molecule has 1 amide bonds. The molecule has 0 saturated carbocycles. The summed E-state index contributed by atoms with van der Waals surface area (Å²) in [6.45, 7) is 8.48. The van der Waals surface area contributed by atoms with Crippen molar-refractivity contribution in [3.8, 4) is 5.75 Å². The van der Waals surface area contributed by atoms with E-state index in [-0.39, 0.29) is 18.3 Å². The first-order chi connectivity index (χ1) is 19.2. The molecule has 0 atom stereocenters. The second kappa shape index (κ2) is 13.5. The predicted octanol–water partition coefficient (Wildman–Crippen LogP) is 2.90. The molecule has 0 spiro atoms. The van der Waals surface area contributed by atoms with E-state index < -0.39 is 5.54 Å². The van der Waals surface area contributed by atoms with Gasteiger partial charge in [0.2, 0.25) is 5.91 Å². The Hall–Kier alpha value is -3.89. The zero-order chi connectivity index (χ0) is 28.5. The van der Waals surface area contributed by atoms with Gasteiger partial charge < -0.3 is 25.8 Å². The van der Waals surface area contributed by atoms with Crippen LogP contribution in [0, 0.1) is 5.82 Å². The molecule has 0 aliphatic carbocycles. The Morgan fingerprint density at radius 3 is 2.48 bits per heavy atom. The maximum atomic E-state index is 13.5. The first kappa shape index (κ1) is 29.1. The summed E-state index contributed by atoms with van der Waals surface area (Å²) in [4.78, 5) is 15.4. The number of carbonyl (C=O) groups is 1. The number of ether oxygens (including phenoxy) is 2. The van der Waals surface area contributed by atoms with Gasteiger partial charge in [0, 0.05) is 50.0 Å². The van der Waals surface area contributed by atoms with Crippen molar-refractivity contribution in [1.82, 2.24) is 25.3 Å². The summed E-state index contributed by atoms with van der Waals surface area (Å²) in [6.07, 6.45) is 2.19. The first-order valence-electron chi connectivity index (χ1n) is 13.5. The molecular formula is C30H39FN6O3. The van der Waals surface area contributed by atoms with Crippen LogP contribution in [0.5, 0.6) is 5.75 Å². The number of nitrogens with one attached hydrogen (secondary N) is 2. The SMILES string of the molecule is COc1ccc(CN/C=C(\N)c2cc(Cc3ccc(F)cc3)n(CC(=O)NC(C)(C)CN3CCOCC3)n2)cc1. The number of rotatable bonds is 12. The van der Waals surface area contributed by atoms with Crippen LogP contribution < -0.4 is 21.1 Å². The summed E-state index contributed by atoms with van der Waals surface area (Å²) in [6, 6.07) is 15.9. The van der Waals surface area contributed by atoms with Crippen molar-refractivity contribution in [2.24, 2.45) is 5.73 Å². The third-order valence-electron chi connectivity index (χ3n) is 6.67. The minimum Gasteiger partial charge on any atom is -0.497 e. The predicted molar refractivity (Wildman–Crippen MR) is 153 cm³/mol. The van der Waals surface area contributed by atoms with Crippen molar-refractivity contribution >= 4 is 11.6 Å². The van der Waals surface area contributed by atoms with Gasteiger partial charge in [-0.25, -0.2) is 4.39 Å². The Labute approximate surface area is 235 Å². The van der Waals surface area contributed by atoms with Crippen LogP contribution in [0.3, 0.4) is 0 Å². The third kappa shape index (κ3) is 8.56. The second-order valence-corrected chi connectivity index (χ2v) is 10.6. The van der Waals surface area contributed by atoms with E-state index in [1.807, 2.05) is 44.2 Å². The minimum absolute atomic E-state index is 0.0373. The molecule has 1 aliphatic rings. The van der Waals surface area contributed by atoms with Crippen molar-refractivity contribution in [1.29, 1.82) is 0 Å². The molecule has 3 aromatic rings. The van der Waals surface area contributed by atoms with Crippen LogP contribution in [-0.2, 0) is 29.0 Å². The van der Waals surface area contributed by atoms with E-state index in [4.69, 9.17) is 15.2 Å². The van der Waals surface area contributed by atoms with Crippen LogP contribution in [0.15, 0.2) is 60.8 Å². The molecule has 1 aliphatic heterocycles. The molecule has 2 heterocycles. The topological polar surface area (TPSA) is 107 Å². The van der Waals surface area contributed by atoms with E-state index in [1.165, 1.54) is 12.1 Å². The van der Waals surface area contributed by atoms with E-state index in [0.29, 0.717) is 37.6 Å². The number of hydrogen-bond donors (Lipinski definition) is 3. The van der Waals surface area contributed by atoms with Crippen molar-refractivity contribution in [3.63, 3.8) is 0 Å². The number of hydrogen-bond acceptors (Lipinski definition) is 7. The molecule has 0 radical (unpaired) electrons. The van der Waals surface area contributed by atoms with Gasteiger partial charge in [0.05, 0.1) is 26.0 Å². The lowest BCUT2D eigenvalue weighted by Crippen LogP contribution is -2.54. The van der Waals surface area contributed by atoms with Crippen molar-refractivity contribution in [2.75, 3.05) is 40.0 Å². The molecule has 40 heavy (non-hydrogen) atoms. The number of nitrogens with zero attached hydrogens (tertiary/aromatic N) is 3. The lowest BCUT2D eigenvalue weighted by molar-refractivity contribution is -0.123. The number of benzene rings is 2. The Morgan fingerprint density at radius 1 is 1.12 bits per heavy atom. The Kier molecular flexibility index (Phi) is 9.79. The van der Waals surface area contributed by atoms with Crippen molar-refractivity contribution in [2.45, 2.75) is 38.9 Å². The van der Waals surface area contributed by atoms with Gasteiger partial charge in [-0.05, 0) is 55.3 Å². The standard InChI is InChI=1S/C30H39FN6O3/c1-30(2,21-36-12-14-40-15-13-36)34-29(38)20-37-25(16-22-4-8-24(31)9-5-22)17-28(35-37)27(32)19-33-18-23-6-10-26(39-3)11-7-23/h4-11,17,19,33H,12-16,18,20-21,32H2,1-3H3,(H,34,38)/b27-19-. The minimum atomic E-state index is -0.425. The van der Waals surface area contributed by atoms with Crippen LogP contribution in [0.2, 0.25) is 0 Å². The fraction of sp³-hybridized carbons (Fsp3) is 0.400. The van der Waals surface area contributed by atoms with Crippen LogP contribution in [0.4, 0.5) is 4.39 Å². The Balaban J connectivity index is 1.45. The number of halogens is 1. The van der Waals surface area contributed by atoms with Gasteiger partial charge in [-0.2, -0.15) is 5.10 Å². The van der Waals surface area contributed by atoms with E-state index >= 15 is 0 Å². The average molecular weight is 551 g/mol. The quantitative estimate of drug-likeness (QED) is 0.318. The van der Waals surface area contributed by atoms with Crippen LogP contribution in [0.25, 0.3) is 5.70 Å². The number of carbonyl (C=O) groups excluding carboxylic acids is 1. The summed E-state index contributed by atoms with van der Waals surface area (Å²) < 4.78 is 25.8. The monoisotopic (exact) mass is 550 g/mol. The summed E-state index contributed by atoms with van der Waals surface area (Å²) in [7, 11) is 1.64. The molecular weight excluding hydrogens is 511 g/mol. The number of methoxy groups -OCH3 is 1. The largest absolute Gasteiger partial charge is 0.497 e. The highest BCUT2D eigenvalue weighted by Gasteiger charge is 2.25. The fourth-order valence-corrected chi connectivity index (χ4v) is 4.69. The number of nitrogens with two attached hydrogens (primary N) is 1. The molecule has 2 aromatic carbocycles. The highest BCUT2D eigenvalue weighted by atomic mass is 19.1. The molecule has 10 heteroatoms. The number of morpholine rings is 1. The first-order valence-corrected chi connectivity index (χ1v) is 13.5.